The lowest BCUT2D eigenvalue weighted by Crippen LogP contribution is -2.60. The molecule has 214 valence electrons. The maximum atomic E-state index is 13.0. The molecule has 1 fully saturated rings. The fraction of sp³-hybridized carbons (Fsp3) is 0.484. The third-order valence-electron chi connectivity index (χ3n) is 7.71. The quantitative estimate of drug-likeness (QED) is 0.371. The standard InChI is InChI=1S/C31H40N4O5/c1-19(2)17-26(28(36)32-16-10-9-15-27-29(37)33-20(3)30(38)35(27)4)34-31(39)40-18-25-23-13-7-5-11-21(23)22-12-6-8-14-24(22)25/h5-8,11-14,19-20,25-27H,9-10,15-18H2,1-4H3,(H,32,36)(H,33,37)(H,34,39)/t20-,26-,27-/m0/s1. The number of likely N-dealkylation sites (N-methyl/N-ethyl adjacent to an activating group) is 1. The Morgan fingerprint density at radius 2 is 1.62 bits per heavy atom. The van der Waals surface area contributed by atoms with Gasteiger partial charge in [-0.1, -0.05) is 62.4 Å². The largest absolute Gasteiger partial charge is 0.449 e. The second-order valence-electron chi connectivity index (χ2n) is 11.1. The van der Waals surface area contributed by atoms with E-state index in [0.29, 0.717) is 32.2 Å². The molecule has 2 aromatic carbocycles. The van der Waals surface area contributed by atoms with Crippen LogP contribution in [-0.2, 0) is 19.1 Å². The first-order valence-electron chi connectivity index (χ1n) is 14.1. The number of nitrogens with zero attached hydrogens (tertiary/aromatic N) is 1. The van der Waals surface area contributed by atoms with Crippen LogP contribution in [0.3, 0.4) is 0 Å². The zero-order valence-electron chi connectivity index (χ0n) is 23.7. The molecule has 0 unspecified atom stereocenters. The van der Waals surface area contributed by atoms with Crippen LogP contribution in [0.15, 0.2) is 48.5 Å². The minimum absolute atomic E-state index is 0.0562. The summed E-state index contributed by atoms with van der Waals surface area (Å²) >= 11 is 0. The monoisotopic (exact) mass is 548 g/mol. The number of benzene rings is 2. The van der Waals surface area contributed by atoms with Crippen molar-refractivity contribution in [3.8, 4) is 11.1 Å². The molecule has 1 aliphatic heterocycles. The molecular weight excluding hydrogens is 508 g/mol. The van der Waals surface area contributed by atoms with Crippen LogP contribution in [0.5, 0.6) is 0 Å². The van der Waals surface area contributed by atoms with Gasteiger partial charge < -0.3 is 25.6 Å². The first-order valence-corrected chi connectivity index (χ1v) is 14.1. The predicted octanol–water partition coefficient (Wildman–Crippen LogP) is 3.57. The fourth-order valence-corrected chi connectivity index (χ4v) is 5.61. The number of carbonyl (C=O) groups excluding carboxylic acids is 4. The highest BCUT2D eigenvalue weighted by atomic mass is 16.5. The minimum atomic E-state index is -0.718. The van der Waals surface area contributed by atoms with Crippen LogP contribution in [0.2, 0.25) is 0 Å². The molecule has 9 heteroatoms. The lowest BCUT2D eigenvalue weighted by molar-refractivity contribution is -0.147. The molecule has 3 atom stereocenters. The summed E-state index contributed by atoms with van der Waals surface area (Å²) < 4.78 is 5.65. The summed E-state index contributed by atoms with van der Waals surface area (Å²) in [7, 11) is 1.65. The van der Waals surface area contributed by atoms with E-state index in [0.717, 1.165) is 22.3 Å². The van der Waals surface area contributed by atoms with Gasteiger partial charge in [-0.05, 0) is 60.8 Å². The molecule has 9 nitrogen and oxygen atoms in total. The maximum absolute atomic E-state index is 13.0. The summed E-state index contributed by atoms with van der Waals surface area (Å²) in [4.78, 5) is 51.7. The average molecular weight is 549 g/mol. The van der Waals surface area contributed by atoms with Gasteiger partial charge >= 0.3 is 6.09 Å². The highest BCUT2D eigenvalue weighted by Gasteiger charge is 2.35. The first kappa shape index (κ1) is 29.1. The normalized spacial score (nSPS) is 19.1. The van der Waals surface area contributed by atoms with Crippen molar-refractivity contribution in [3.63, 3.8) is 0 Å². The van der Waals surface area contributed by atoms with E-state index in [1.807, 2.05) is 38.1 Å². The van der Waals surface area contributed by atoms with Gasteiger partial charge in [-0.3, -0.25) is 14.4 Å². The number of piperazine rings is 1. The molecule has 1 saturated heterocycles. The van der Waals surface area contributed by atoms with E-state index in [1.54, 1.807) is 14.0 Å². The molecule has 3 N–H and O–H groups in total. The molecule has 2 aliphatic rings. The summed E-state index contributed by atoms with van der Waals surface area (Å²) in [5.74, 6) is -0.389. The summed E-state index contributed by atoms with van der Waals surface area (Å²) in [5, 5.41) is 8.37. The number of rotatable bonds is 11. The van der Waals surface area contributed by atoms with Gasteiger partial charge in [-0.15, -0.1) is 0 Å². The fourth-order valence-electron chi connectivity index (χ4n) is 5.61. The number of carbonyl (C=O) groups is 4. The van der Waals surface area contributed by atoms with Gasteiger partial charge in [0, 0.05) is 19.5 Å². The van der Waals surface area contributed by atoms with Crippen LogP contribution in [0.25, 0.3) is 11.1 Å². The number of amides is 4. The van der Waals surface area contributed by atoms with Crippen LogP contribution < -0.4 is 16.0 Å². The molecule has 0 saturated carbocycles. The van der Waals surface area contributed by atoms with Crippen molar-refractivity contribution in [2.24, 2.45) is 5.92 Å². The Kier molecular flexibility index (Phi) is 9.45. The first-order chi connectivity index (χ1) is 19.2. The Hall–Kier alpha value is -3.88. The van der Waals surface area contributed by atoms with Crippen molar-refractivity contribution >= 4 is 23.8 Å². The Bertz CT molecular complexity index is 1200. The van der Waals surface area contributed by atoms with E-state index in [4.69, 9.17) is 4.74 Å². The number of nitrogens with one attached hydrogen (secondary N) is 3. The van der Waals surface area contributed by atoms with Gasteiger partial charge in [-0.2, -0.15) is 0 Å². The number of unbranched alkanes of at least 4 members (excludes halogenated alkanes) is 1. The summed E-state index contributed by atoms with van der Waals surface area (Å²) in [6.07, 6.45) is 1.69. The lowest BCUT2D eigenvalue weighted by Gasteiger charge is -2.35. The zero-order chi connectivity index (χ0) is 28.8. The van der Waals surface area contributed by atoms with Gasteiger partial charge in [0.1, 0.15) is 24.7 Å². The molecule has 1 heterocycles. The second kappa shape index (κ2) is 13.0. The third kappa shape index (κ3) is 6.63. The molecular formula is C31H40N4O5. The van der Waals surface area contributed by atoms with E-state index in [1.165, 1.54) is 4.90 Å². The Morgan fingerprint density at radius 1 is 1.00 bits per heavy atom. The molecule has 1 aliphatic carbocycles. The molecule has 0 radical (unpaired) electrons. The summed E-state index contributed by atoms with van der Waals surface area (Å²) in [6.45, 7) is 6.25. The van der Waals surface area contributed by atoms with Crippen molar-refractivity contribution in [2.75, 3.05) is 20.2 Å². The number of hydrogen-bond donors (Lipinski definition) is 3. The van der Waals surface area contributed by atoms with Crippen LogP contribution in [0.4, 0.5) is 4.79 Å². The van der Waals surface area contributed by atoms with Crippen molar-refractivity contribution < 1.29 is 23.9 Å². The van der Waals surface area contributed by atoms with Gasteiger partial charge in [0.25, 0.3) is 0 Å². The number of hydrogen-bond acceptors (Lipinski definition) is 5. The van der Waals surface area contributed by atoms with E-state index in [2.05, 4.69) is 40.2 Å². The molecule has 2 aromatic rings. The second-order valence-corrected chi connectivity index (χ2v) is 11.1. The van der Waals surface area contributed by atoms with Crippen LogP contribution in [0, 0.1) is 5.92 Å². The highest BCUT2D eigenvalue weighted by Crippen LogP contribution is 2.44. The molecule has 0 aromatic heterocycles. The Labute approximate surface area is 236 Å². The van der Waals surface area contributed by atoms with Crippen LogP contribution in [0.1, 0.15) is 63.5 Å². The molecule has 40 heavy (non-hydrogen) atoms. The van der Waals surface area contributed by atoms with E-state index < -0.39 is 24.2 Å². The van der Waals surface area contributed by atoms with Gasteiger partial charge in [0.2, 0.25) is 17.7 Å². The zero-order valence-corrected chi connectivity index (χ0v) is 23.7. The molecule has 0 bridgehead atoms. The van der Waals surface area contributed by atoms with E-state index in [9.17, 15) is 19.2 Å². The predicted molar refractivity (Wildman–Crippen MR) is 152 cm³/mol. The van der Waals surface area contributed by atoms with Crippen LogP contribution >= 0.6 is 0 Å². The average Bonchev–Trinajstić information content (AvgIpc) is 3.25. The molecule has 4 rings (SSSR count). The highest BCUT2D eigenvalue weighted by molar-refractivity contribution is 5.96. The minimum Gasteiger partial charge on any atom is -0.449 e. The third-order valence-corrected chi connectivity index (χ3v) is 7.71. The van der Waals surface area contributed by atoms with Crippen molar-refractivity contribution in [3.05, 3.63) is 59.7 Å². The summed E-state index contributed by atoms with van der Waals surface area (Å²) in [6, 6.07) is 14.6. The Morgan fingerprint density at radius 3 is 2.25 bits per heavy atom. The lowest BCUT2D eigenvalue weighted by atomic mass is 9.98. The number of alkyl carbamates (subject to hydrolysis) is 1. The van der Waals surface area contributed by atoms with Gasteiger partial charge in [-0.25, -0.2) is 4.79 Å². The number of ether oxygens (including phenoxy) is 1. The van der Waals surface area contributed by atoms with E-state index in [-0.39, 0.29) is 36.2 Å². The van der Waals surface area contributed by atoms with Gasteiger partial charge in [0.05, 0.1) is 0 Å². The SMILES string of the molecule is CC(C)C[C@H](NC(=O)OCC1c2ccccc2-c2ccccc21)C(=O)NCCCC[C@H]1C(=O)N[C@@H](C)C(=O)N1C. The van der Waals surface area contributed by atoms with Crippen molar-refractivity contribution in [1.82, 2.24) is 20.9 Å². The maximum Gasteiger partial charge on any atom is 0.407 e. The van der Waals surface area contributed by atoms with Gasteiger partial charge in [0.15, 0.2) is 0 Å². The molecule has 4 amide bonds. The van der Waals surface area contributed by atoms with Crippen LogP contribution in [-0.4, -0.2) is 67.0 Å². The van der Waals surface area contributed by atoms with Crippen molar-refractivity contribution in [1.29, 1.82) is 0 Å². The van der Waals surface area contributed by atoms with Crippen molar-refractivity contribution in [2.45, 2.75) is 70.5 Å². The Balaban J connectivity index is 1.25. The summed E-state index contributed by atoms with van der Waals surface area (Å²) in [5.41, 5.74) is 4.56. The smallest absolute Gasteiger partial charge is 0.407 e. The molecule has 0 spiro atoms. The topological polar surface area (TPSA) is 117 Å². The number of fused-ring (bicyclic) bond motifs is 3. The van der Waals surface area contributed by atoms with E-state index >= 15 is 0 Å².